The average molecular weight is 231 g/mol. The molecule has 2 rings (SSSR count). The Labute approximate surface area is 99.2 Å². The first kappa shape index (κ1) is 11.2. The number of ether oxygens (including phenoxy) is 2. The van der Waals surface area contributed by atoms with Crippen LogP contribution < -0.4 is 15.2 Å². The van der Waals surface area contributed by atoms with E-state index >= 15 is 0 Å². The van der Waals surface area contributed by atoms with Crippen molar-refractivity contribution in [1.29, 1.82) is 0 Å². The Kier molecular flexibility index (Phi) is 3.09. The normalized spacial score (nSPS) is 10.0. The minimum Gasteiger partial charge on any atom is -0.481 e. The van der Waals surface area contributed by atoms with Crippen LogP contribution in [0.15, 0.2) is 30.3 Å². The summed E-state index contributed by atoms with van der Waals surface area (Å²) in [5, 5.41) is 0. The van der Waals surface area contributed by atoms with Gasteiger partial charge in [0.05, 0.1) is 20.3 Å². The SMILES string of the molecule is COc1cc(OC)nc(-c2ccccc2N)n1. The van der Waals surface area contributed by atoms with Crippen molar-refractivity contribution in [2.24, 2.45) is 0 Å². The lowest BCUT2D eigenvalue weighted by atomic mass is 10.1. The van der Waals surface area contributed by atoms with Crippen LogP contribution in [0.2, 0.25) is 0 Å². The van der Waals surface area contributed by atoms with Gasteiger partial charge in [-0.25, -0.2) is 0 Å². The standard InChI is InChI=1S/C12H13N3O2/c1-16-10-7-11(17-2)15-12(14-10)8-5-3-4-6-9(8)13/h3-7H,13H2,1-2H3. The predicted octanol–water partition coefficient (Wildman–Crippen LogP) is 1.74. The second-order valence-electron chi connectivity index (χ2n) is 3.36. The maximum atomic E-state index is 5.87. The number of hydrogen-bond acceptors (Lipinski definition) is 5. The van der Waals surface area contributed by atoms with Crippen LogP contribution in [0.1, 0.15) is 0 Å². The molecule has 0 amide bonds. The maximum absolute atomic E-state index is 5.87. The van der Waals surface area contributed by atoms with Crippen molar-refractivity contribution in [2.45, 2.75) is 0 Å². The number of nitrogens with two attached hydrogens (primary N) is 1. The molecule has 0 aliphatic heterocycles. The quantitative estimate of drug-likeness (QED) is 0.815. The minimum atomic E-state index is 0.440. The van der Waals surface area contributed by atoms with Crippen LogP contribution in [0.5, 0.6) is 11.8 Å². The van der Waals surface area contributed by atoms with Crippen molar-refractivity contribution >= 4 is 5.69 Å². The summed E-state index contributed by atoms with van der Waals surface area (Å²) in [5.74, 6) is 1.37. The number of hydrogen-bond donors (Lipinski definition) is 1. The van der Waals surface area contributed by atoms with E-state index in [1.807, 2.05) is 18.2 Å². The van der Waals surface area contributed by atoms with E-state index in [4.69, 9.17) is 15.2 Å². The van der Waals surface area contributed by atoms with Crippen molar-refractivity contribution in [3.8, 4) is 23.1 Å². The summed E-state index contributed by atoms with van der Waals surface area (Å²) in [7, 11) is 3.08. The van der Waals surface area contributed by atoms with Crippen LogP contribution in [-0.2, 0) is 0 Å². The highest BCUT2D eigenvalue weighted by atomic mass is 16.5. The highest BCUT2D eigenvalue weighted by Crippen LogP contribution is 2.26. The zero-order chi connectivity index (χ0) is 12.3. The summed E-state index contributed by atoms with van der Waals surface area (Å²) in [6.07, 6.45) is 0. The van der Waals surface area contributed by atoms with Gasteiger partial charge in [0, 0.05) is 11.3 Å². The second-order valence-corrected chi connectivity index (χ2v) is 3.36. The first-order valence-electron chi connectivity index (χ1n) is 5.06. The van der Waals surface area contributed by atoms with Crippen molar-refractivity contribution in [2.75, 3.05) is 20.0 Å². The fourth-order valence-electron chi connectivity index (χ4n) is 1.43. The third-order valence-corrected chi connectivity index (χ3v) is 2.30. The van der Waals surface area contributed by atoms with Gasteiger partial charge in [-0.2, -0.15) is 9.97 Å². The van der Waals surface area contributed by atoms with E-state index in [9.17, 15) is 0 Å². The summed E-state index contributed by atoms with van der Waals surface area (Å²) in [6, 6.07) is 8.99. The van der Waals surface area contributed by atoms with Gasteiger partial charge in [0.15, 0.2) is 5.82 Å². The monoisotopic (exact) mass is 231 g/mol. The van der Waals surface area contributed by atoms with Crippen LogP contribution in [0, 0.1) is 0 Å². The molecule has 88 valence electrons. The zero-order valence-electron chi connectivity index (χ0n) is 9.68. The molecule has 0 aliphatic rings. The maximum Gasteiger partial charge on any atom is 0.220 e. The van der Waals surface area contributed by atoms with Crippen LogP contribution in [0.4, 0.5) is 5.69 Å². The molecule has 0 bridgehead atoms. The Morgan fingerprint density at radius 2 is 1.59 bits per heavy atom. The summed E-state index contributed by atoms with van der Waals surface area (Å²) in [6.45, 7) is 0. The van der Waals surface area contributed by atoms with Gasteiger partial charge in [-0.1, -0.05) is 12.1 Å². The number of benzene rings is 1. The van der Waals surface area contributed by atoms with Crippen molar-refractivity contribution in [1.82, 2.24) is 9.97 Å². The van der Waals surface area contributed by atoms with Crippen LogP contribution in [0.25, 0.3) is 11.4 Å². The molecule has 1 aromatic heterocycles. The number of nitrogen functional groups attached to an aromatic ring is 1. The first-order valence-corrected chi connectivity index (χ1v) is 5.06. The van der Waals surface area contributed by atoms with E-state index in [0.29, 0.717) is 23.3 Å². The number of methoxy groups -OCH3 is 2. The Hall–Kier alpha value is -2.30. The van der Waals surface area contributed by atoms with E-state index in [2.05, 4.69) is 9.97 Å². The van der Waals surface area contributed by atoms with Crippen molar-refractivity contribution < 1.29 is 9.47 Å². The number of aromatic nitrogens is 2. The van der Waals surface area contributed by atoms with Gasteiger partial charge in [0.2, 0.25) is 11.8 Å². The topological polar surface area (TPSA) is 70.3 Å². The summed E-state index contributed by atoms with van der Waals surface area (Å²) >= 11 is 0. The molecule has 1 heterocycles. The van der Waals surface area contributed by atoms with E-state index in [0.717, 1.165) is 5.56 Å². The molecule has 1 aromatic carbocycles. The molecule has 17 heavy (non-hydrogen) atoms. The molecule has 2 aromatic rings. The number of para-hydroxylation sites is 1. The molecular weight excluding hydrogens is 218 g/mol. The molecule has 0 fully saturated rings. The molecule has 0 atom stereocenters. The van der Waals surface area contributed by atoms with Gasteiger partial charge >= 0.3 is 0 Å². The van der Waals surface area contributed by atoms with E-state index < -0.39 is 0 Å². The molecular formula is C12H13N3O2. The third kappa shape index (κ3) is 2.28. The fourth-order valence-corrected chi connectivity index (χ4v) is 1.43. The largest absolute Gasteiger partial charge is 0.481 e. The minimum absolute atomic E-state index is 0.440. The van der Waals surface area contributed by atoms with Gasteiger partial charge in [0.25, 0.3) is 0 Å². The second kappa shape index (κ2) is 4.69. The van der Waals surface area contributed by atoms with E-state index in [1.54, 1.807) is 26.4 Å². The summed E-state index contributed by atoms with van der Waals surface area (Å²) < 4.78 is 10.2. The molecule has 5 nitrogen and oxygen atoms in total. The van der Waals surface area contributed by atoms with Gasteiger partial charge in [-0.15, -0.1) is 0 Å². The summed E-state index contributed by atoms with van der Waals surface area (Å²) in [5.41, 5.74) is 7.24. The zero-order valence-corrected chi connectivity index (χ0v) is 9.68. The number of anilines is 1. The van der Waals surface area contributed by atoms with E-state index in [-0.39, 0.29) is 0 Å². The fraction of sp³-hybridized carbons (Fsp3) is 0.167. The van der Waals surface area contributed by atoms with Crippen LogP contribution >= 0.6 is 0 Å². The smallest absolute Gasteiger partial charge is 0.220 e. The van der Waals surface area contributed by atoms with Crippen LogP contribution in [0.3, 0.4) is 0 Å². The number of nitrogens with zero attached hydrogens (tertiary/aromatic N) is 2. The highest BCUT2D eigenvalue weighted by molar-refractivity contribution is 5.71. The Morgan fingerprint density at radius 1 is 1.00 bits per heavy atom. The molecule has 0 saturated carbocycles. The van der Waals surface area contributed by atoms with Gasteiger partial charge in [-0.05, 0) is 12.1 Å². The molecule has 5 heteroatoms. The first-order chi connectivity index (χ1) is 8.24. The third-order valence-electron chi connectivity index (χ3n) is 2.30. The Balaban J connectivity index is 2.55. The number of rotatable bonds is 3. The molecule has 0 radical (unpaired) electrons. The highest BCUT2D eigenvalue weighted by Gasteiger charge is 2.09. The molecule has 0 unspecified atom stereocenters. The van der Waals surface area contributed by atoms with Crippen molar-refractivity contribution in [3.63, 3.8) is 0 Å². The predicted molar refractivity (Wildman–Crippen MR) is 65.0 cm³/mol. The Bertz CT molecular complexity index is 507. The van der Waals surface area contributed by atoms with Gasteiger partial charge in [-0.3, -0.25) is 0 Å². The lowest BCUT2D eigenvalue weighted by molar-refractivity contribution is 0.373. The summed E-state index contributed by atoms with van der Waals surface area (Å²) in [4.78, 5) is 8.48. The Morgan fingerprint density at radius 3 is 2.12 bits per heavy atom. The van der Waals surface area contributed by atoms with Crippen LogP contribution in [-0.4, -0.2) is 24.2 Å². The van der Waals surface area contributed by atoms with Gasteiger partial charge in [0.1, 0.15) is 0 Å². The van der Waals surface area contributed by atoms with Crippen molar-refractivity contribution in [3.05, 3.63) is 30.3 Å². The van der Waals surface area contributed by atoms with E-state index in [1.165, 1.54) is 0 Å². The van der Waals surface area contributed by atoms with Gasteiger partial charge < -0.3 is 15.2 Å². The molecule has 0 saturated heterocycles. The average Bonchev–Trinajstić information content (AvgIpc) is 2.38. The lowest BCUT2D eigenvalue weighted by Gasteiger charge is -2.07. The molecule has 0 spiro atoms. The lowest BCUT2D eigenvalue weighted by Crippen LogP contribution is -1.99. The molecule has 0 aliphatic carbocycles. The molecule has 2 N–H and O–H groups in total.